The number of ether oxygens (including phenoxy) is 1. The summed E-state index contributed by atoms with van der Waals surface area (Å²) in [6.07, 6.45) is 0.734. The van der Waals surface area contributed by atoms with Crippen molar-refractivity contribution < 1.29 is 14.3 Å². The van der Waals surface area contributed by atoms with E-state index in [0.717, 1.165) is 9.75 Å². The minimum absolute atomic E-state index is 0.0825. The first-order valence-electron chi connectivity index (χ1n) is 7.62. The van der Waals surface area contributed by atoms with Gasteiger partial charge in [-0.3, -0.25) is 9.59 Å². The molecule has 2 aromatic rings. The van der Waals surface area contributed by atoms with Gasteiger partial charge in [-0.05, 0) is 30.5 Å². The third kappa shape index (κ3) is 4.07. The number of amides is 1. The first kappa shape index (κ1) is 16.4. The molecule has 1 aliphatic rings. The standard InChI is InChI=1S/C17H19NO3S2/c1-12-4-5-14(23-12)10-17(20)18-6-7-21-11-13(18)9-15(19)16-3-2-8-22-16/h2-5,8,13H,6-7,9-11H2,1H3. The van der Waals surface area contributed by atoms with E-state index in [1.54, 1.807) is 11.3 Å². The van der Waals surface area contributed by atoms with Gasteiger partial charge in [0.2, 0.25) is 5.91 Å². The molecule has 1 fully saturated rings. The second-order valence-electron chi connectivity index (χ2n) is 5.61. The predicted octanol–water partition coefficient (Wildman–Crippen LogP) is 3.16. The molecule has 1 unspecified atom stereocenters. The van der Waals surface area contributed by atoms with Gasteiger partial charge in [-0.15, -0.1) is 22.7 Å². The van der Waals surface area contributed by atoms with Crippen LogP contribution in [-0.4, -0.2) is 42.4 Å². The summed E-state index contributed by atoms with van der Waals surface area (Å²) in [7, 11) is 0. The lowest BCUT2D eigenvalue weighted by atomic mass is 10.1. The highest BCUT2D eigenvalue weighted by atomic mass is 32.1. The van der Waals surface area contributed by atoms with Gasteiger partial charge < -0.3 is 9.64 Å². The van der Waals surface area contributed by atoms with Crippen LogP contribution in [0.4, 0.5) is 0 Å². The molecule has 1 atom stereocenters. The topological polar surface area (TPSA) is 46.6 Å². The Morgan fingerprint density at radius 1 is 1.35 bits per heavy atom. The lowest BCUT2D eigenvalue weighted by molar-refractivity contribution is -0.138. The summed E-state index contributed by atoms with van der Waals surface area (Å²) >= 11 is 3.09. The summed E-state index contributed by atoms with van der Waals surface area (Å²) < 4.78 is 5.49. The Kier molecular flexibility index (Phi) is 5.25. The Morgan fingerprint density at radius 3 is 2.91 bits per heavy atom. The molecule has 3 rings (SSSR count). The largest absolute Gasteiger partial charge is 0.377 e. The van der Waals surface area contributed by atoms with Gasteiger partial charge in [0.25, 0.3) is 0 Å². The fourth-order valence-electron chi connectivity index (χ4n) is 2.73. The van der Waals surface area contributed by atoms with Crippen molar-refractivity contribution in [3.63, 3.8) is 0 Å². The van der Waals surface area contributed by atoms with Gasteiger partial charge in [-0.2, -0.15) is 0 Å². The van der Waals surface area contributed by atoms with Gasteiger partial charge in [0.05, 0.1) is 30.6 Å². The van der Waals surface area contributed by atoms with Crippen LogP contribution in [0.3, 0.4) is 0 Å². The van der Waals surface area contributed by atoms with E-state index >= 15 is 0 Å². The van der Waals surface area contributed by atoms with Gasteiger partial charge >= 0.3 is 0 Å². The number of morpholine rings is 1. The number of ketones is 1. The number of carbonyl (C=O) groups is 2. The molecule has 6 heteroatoms. The smallest absolute Gasteiger partial charge is 0.228 e. The molecule has 0 N–H and O–H groups in total. The van der Waals surface area contributed by atoms with Gasteiger partial charge in [0.15, 0.2) is 5.78 Å². The lowest BCUT2D eigenvalue weighted by Gasteiger charge is -2.35. The second-order valence-corrected chi connectivity index (χ2v) is 7.93. The van der Waals surface area contributed by atoms with Crippen molar-refractivity contribution in [3.05, 3.63) is 44.3 Å². The third-order valence-corrected chi connectivity index (χ3v) is 5.80. The summed E-state index contributed by atoms with van der Waals surface area (Å²) in [5.74, 6) is 0.166. The fourth-order valence-corrected chi connectivity index (χ4v) is 4.29. The van der Waals surface area contributed by atoms with Crippen molar-refractivity contribution in [2.75, 3.05) is 19.8 Å². The van der Waals surface area contributed by atoms with Crippen molar-refractivity contribution >= 4 is 34.4 Å². The SMILES string of the molecule is Cc1ccc(CC(=O)N2CCOCC2CC(=O)c2cccs2)s1. The number of hydrogen-bond acceptors (Lipinski definition) is 5. The highest BCUT2D eigenvalue weighted by Crippen LogP contribution is 2.20. The van der Waals surface area contributed by atoms with Crippen LogP contribution in [0.1, 0.15) is 25.8 Å². The van der Waals surface area contributed by atoms with Crippen LogP contribution in [0.25, 0.3) is 0 Å². The van der Waals surface area contributed by atoms with Gasteiger partial charge in [-0.1, -0.05) is 6.07 Å². The third-order valence-electron chi connectivity index (χ3n) is 3.89. The van der Waals surface area contributed by atoms with E-state index in [4.69, 9.17) is 4.74 Å². The number of nitrogens with zero attached hydrogens (tertiary/aromatic N) is 1. The molecule has 122 valence electrons. The molecule has 4 nitrogen and oxygen atoms in total. The Bertz CT molecular complexity index is 678. The minimum atomic E-state index is -0.160. The zero-order chi connectivity index (χ0) is 16.2. The number of aryl methyl sites for hydroxylation is 1. The van der Waals surface area contributed by atoms with Gasteiger partial charge in [0, 0.05) is 22.7 Å². The van der Waals surface area contributed by atoms with E-state index < -0.39 is 0 Å². The van der Waals surface area contributed by atoms with Gasteiger partial charge in [0.1, 0.15) is 0 Å². The Morgan fingerprint density at radius 2 is 2.22 bits per heavy atom. The minimum Gasteiger partial charge on any atom is -0.377 e. The predicted molar refractivity (Wildman–Crippen MR) is 92.3 cm³/mol. The van der Waals surface area contributed by atoms with E-state index in [-0.39, 0.29) is 17.7 Å². The van der Waals surface area contributed by atoms with Crippen LogP contribution < -0.4 is 0 Å². The van der Waals surface area contributed by atoms with E-state index in [1.807, 2.05) is 41.5 Å². The molecule has 0 bridgehead atoms. The highest BCUT2D eigenvalue weighted by Gasteiger charge is 2.29. The molecular formula is C17H19NO3S2. The Hall–Kier alpha value is -1.50. The molecule has 1 saturated heterocycles. The maximum atomic E-state index is 12.6. The molecule has 3 heterocycles. The Balaban J connectivity index is 1.65. The zero-order valence-corrected chi connectivity index (χ0v) is 14.6. The number of hydrogen-bond donors (Lipinski definition) is 0. The average Bonchev–Trinajstić information content (AvgIpc) is 3.19. The molecule has 0 saturated carbocycles. The van der Waals surface area contributed by atoms with Gasteiger partial charge in [-0.25, -0.2) is 0 Å². The summed E-state index contributed by atoms with van der Waals surface area (Å²) in [5.41, 5.74) is 0. The van der Waals surface area contributed by atoms with Crippen molar-refractivity contribution in [2.45, 2.75) is 25.8 Å². The summed E-state index contributed by atoms with van der Waals surface area (Å²) in [5, 5.41) is 1.90. The normalized spacial score (nSPS) is 18.1. The fraction of sp³-hybridized carbons (Fsp3) is 0.412. The van der Waals surface area contributed by atoms with Crippen LogP contribution in [0.2, 0.25) is 0 Å². The quantitative estimate of drug-likeness (QED) is 0.779. The first-order chi connectivity index (χ1) is 11.1. The van der Waals surface area contributed by atoms with E-state index in [2.05, 4.69) is 0 Å². The number of rotatable bonds is 5. The van der Waals surface area contributed by atoms with Crippen LogP contribution in [0, 0.1) is 6.92 Å². The molecule has 1 aliphatic heterocycles. The first-order valence-corrected chi connectivity index (χ1v) is 9.32. The maximum Gasteiger partial charge on any atom is 0.228 e. The van der Waals surface area contributed by atoms with Crippen molar-refractivity contribution in [3.8, 4) is 0 Å². The van der Waals surface area contributed by atoms with Crippen molar-refractivity contribution in [1.82, 2.24) is 4.90 Å². The van der Waals surface area contributed by atoms with Crippen molar-refractivity contribution in [1.29, 1.82) is 0 Å². The van der Waals surface area contributed by atoms with E-state index in [9.17, 15) is 9.59 Å². The van der Waals surface area contributed by atoms with Crippen LogP contribution in [0.15, 0.2) is 29.6 Å². The molecular weight excluding hydrogens is 330 g/mol. The number of Topliss-reactive ketones (excluding diaryl/α,β-unsaturated/α-hetero) is 1. The second kappa shape index (κ2) is 7.38. The molecule has 1 amide bonds. The number of carbonyl (C=O) groups excluding carboxylic acids is 2. The van der Waals surface area contributed by atoms with Crippen LogP contribution in [0.5, 0.6) is 0 Å². The molecule has 0 spiro atoms. The van der Waals surface area contributed by atoms with E-state index in [0.29, 0.717) is 32.6 Å². The summed E-state index contributed by atoms with van der Waals surface area (Å²) in [6.45, 7) is 3.58. The van der Waals surface area contributed by atoms with Crippen LogP contribution >= 0.6 is 22.7 Å². The summed E-state index contributed by atoms with van der Waals surface area (Å²) in [4.78, 5) is 29.8. The molecule has 2 aromatic heterocycles. The van der Waals surface area contributed by atoms with E-state index in [1.165, 1.54) is 16.2 Å². The molecule has 0 aliphatic carbocycles. The highest BCUT2D eigenvalue weighted by molar-refractivity contribution is 7.12. The van der Waals surface area contributed by atoms with Crippen LogP contribution in [-0.2, 0) is 16.0 Å². The zero-order valence-electron chi connectivity index (χ0n) is 13.0. The monoisotopic (exact) mass is 349 g/mol. The molecule has 23 heavy (non-hydrogen) atoms. The van der Waals surface area contributed by atoms with Crippen molar-refractivity contribution in [2.24, 2.45) is 0 Å². The summed E-state index contributed by atoms with van der Waals surface area (Å²) in [6, 6.07) is 7.58. The molecule has 0 aromatic carbocycles. The Labute approximate surface area is 143 Å². The number of thiophene rings is 2. The maximum absolute atomic E-state index is 12.6. The lowest BCUT2D eigenvalue weighted by Crippen LogP contribution is -2.50. The molecule has 0 radical (unpaired) electrons. The average molecular weight is 349 g/mol.